The van der Waals surface area contributed by atoms with Crippen molar-refractivity contribution in [3.63, 3.8) is 0 Å². The molecular formula is C16H14BrClN2O4. The number of ether oxygens (including phenoxy) is 2. The number of hydrazone groups is 1. The molecule has 8 heteroatoms. The van der Waals surface area contributed by atoms with E-state index in [1.807, 2.05) is 0 Å². The largest absolute Gasteiger partial charge is 0.503 e. The Labute approximate surface area is 152 Å². The first-order valence-electron chi connectivity index (χ1n) is 6.76. The summed E-state index contributed by atoms with van der Waals surface area (Å²) >= 11 is 8.97. The Morgan fingerprint density at radius 1 is 1.38 bits per heavy atom. The molecule has 0 aliphatic carbocycles. The Bertz CT molecular complexity index is 750. The van der Waals surface area contributed by atoms with Gasteiger partial charge in [-0.1, -0.05) is 11.6 Å². The third-order valence-corrected chi connectivity index (χ3v) is 3.71. The molecule has 0 radical (unpaired) electrons. The van der Waals surface area contributed by atoms with Crippen molar-refractivity contribution >= 4 is 39.7 Å². The number of aromatic hydroxyl groups is 1. The van der Waals surface area contributed by atoms with Crippen molar-refractivity contribution in [3.8, 4) is 17.2 Å². The molecule has 0 fully saturated rings. The molecule has 24 heavy (non-hydrogen) atoms. The topological polar surface area (TPSA) is 80.2 Å². The predicted octanol–water partition coefficient (Wildman–Crippen LogP) is 3.35. The molecule has 0 aliphatic rings. The summed E-state index contributed by atoms with van der Waals surface area (Å²) in [6.07, 6.45) is 1.42. The van der Waals surface area contributed by atoms with Gasteiger partial charge in [-0.3, -0.25) is 4.79 Å². The highest BCUT2D eigenvalue weighted by molar-refractivity contribution is 9.10. The van der Waals surface area contributed by atoms with Gasteiger partial charge in [-0.15, -0.1) is 0 Å². The van der Waals surface area contributed by atoms with Gasteiger partial charge in [-0.05, 0) is 57.9 Å². The van der Waals surface area contributed by atoms with Gasteiger partial charge in [-0.25, -0.2) is 5.43 Å². The lowest BCUT2D eigenvalue weighted by Crippen LogP contribution is -2.24. The zero-order chi connectivity index (χ0) is 17.5. The van der Waals surface area contributed by atoms with Gasteiger partial charge in [-0.2, -0.15) is 5.10 Å². The molecule has 2 N–H and O–H groups in total. The van der Waals surface area contributed by atoms with Crippen LogP contribution in [-0.2, 0) is 4.79 Å². The van der Waals surface area contributed by atoms with E-state index in [-0.39, 0.29) is 12.4 Å². The number of amides is 1. The molecule has 0 saturated heterocycles. The van der Waals surface area contributed by atoms with E-state index < -0.39 is 5.91 Å². The Kier molecular flexibility index (Phi) is 6.45. The maximum Gasteiger partial charge on any atom is 0.277 e. The zero-order valence-electron chi connectivity index (χ0n) is 12.6. The van der Waals surface area contributed by atoms with Crippen molar-refractivity contribution in [2.45, 2.75) is 0 Å². The maximum atomic E-state index is 11.7. The standard InChI is InChI=1S/C16H14BrClN2O4/c1-23-14-7-10(6-13(17)16(14)22)8-19-20-15(21)9-24-12-4-2-11(18)3-5-12/h2-8,22H,9H2,1H3,(H,20,21)/b19-8-. The first-order chi connectivity index (χ1) is 11.5. The van der Waals surface area contributed by atoms with Gasteiger partial charge in [0.25, 0.3) is 5.91 Å². The highest BCUT2D eigenvalue weighted by Gasteiger charge is 2.07. The van der Waals surface area contributed by atoms with Gasteiger partial charge in [0.1, 0.15) is 5.75 Å². The van der Waals surface area contributed by atoms with E-state index in [1.54, 1.807) is 36.4 Å². The molecule has 1 amide bonds. The van der Waals surface area contributed by atoms with Crippen molar-refractivity contribution in [3.05, 3.63) is 51.5 Å². The number of carbonyl (C=O) groups excluding carboxylic acids is 1. The first kappa shape index (κ1) is 18.1. The van der Waals surface area contributed by atoms with Crippen LogP contribution in [0.5, 0.6) is 17.2 Å². The normalized spacial score (nSPS) is 10.6. The van der Waals surface area contributed by atoms with Crippen LogP contribution in [0.15, 0.2) is 46.0 Å². The predicted molar refractivity (Wildman–Crippen MR) is 95.0 cm³/mol. The molecular weight excluding hydrogens is 400 g/mol. The van der Waals surface area contributed by atoms with Crippen LogP contribution in [0.3, 0.4) is 0 Å². The number of halogens is 2. The van der Waals surface area contributed by atoms with Gasteiger partial charge < -0.3 is 14.6 Å². The molecule has 0 atom stereocenters. The van der Waals surface area contributed by atoms with Gasteiger partial charge in [0.2, 0.25) is 0 Å². The molecule has 0 aliphatic heterocycles. The number of methoxy groups -OCH3 is 1. The van der Waals surface area contributed by atoms with Crippen LogP contribution >= 0.6 is 27.5 Å². The second-order valence-electron chi connectivity index (χ2n) is 4.59. The number of phenols is 1. The van der Waals surface area contributed by atoms with Crippen LogP contribution < -0.4 is 14.9 Å². The van der Waals surface area contributed by atoms with E-state index in [2.05, 4.69) is 26.5 Å². The zero-order valence-corrected chi connectivity index (χ0v) is 15.0. The number of nitrogens with one attached hydrogen (secondary N) is 1. The third kappa shape index (κ3) is 5.14. The molecule has 0 saturated carbocycles. The highest BCUT2D eigenvalue weighted by Crippen LogP contribution is 2.34. The van der Waals surface area contributed by atoms with E-state index in [1.165, 1.54) is 13.3 Å². The minimum Gasteiger partial charge on any atom is -0.503 e. The van der Waals surface area contributed by atoms with Crippen LogP contribution in [-0.4, -0.2) is 30.9 Å². The molecule has 0 unspecified atom stereocenters. The fraction of sp³-hybridized carbons (Fsp3) is 0.125. The second-order valence-corrected chi connectivity index (χ2v) is 5.88. The van der Waals surface area contributed by atoms with E-state index in [9.17, 15) is 9.90 Å². The Hall–Kier alpha value is -2.25. The molecule has 0 heterocycles. The Morgan fingerprint density at radius 3 is 2.75 bits per heavy atom. The molecule has 2 aromatic rings. The van der Waals surface area contributed by atoms with Crippen molar-refractivity contribution < 1.29 is 19.4 Å². The van der Waals surface area contributed by atoms with Crippen LogP contribution in [0.25, 0.3) is 0 Å². The minimum absolute atomic E-state index is 0.00458. The number of hydrogen-bond donors (Lipinski definition) is 2. The lowest BCUT2D eigenvalue weighted by atomic mass is 10.2. The number of nitrogens with zero attached hydrogens (tertiary/aromatic N) is 1. The van der Waals surface area contributed by atoms with Gasteiger partial charge in [0, 0.05) is 5.02 Å². The number of benzene rings is 2. The molecule has 0 bridgehead atoms. The number of hydrogen-bond acceptors (Lipinski definition) is 5. The summed E-state index contributed by atoms with van der Waals surface area (Å²) in [7, 11) is 1.44. The molecule has 6 nitrogen and oxygen atoms in total. The molecule has 0 aromatic heterocycles. The van der Waals surface area contributed by atoms with Crippen molar-refractivity contribution in [1.82, 2.24) is 5.43 Å². The minimum atomic E-state index is -0.411. The lowest BCUT2D eigenvalue weighted by molar-refractivity contribution is -0.123. The summed E-state index contributed by atoms with van der Waals surface area (Å²) in [5.41, 5.74) is 2.98. The fourth-order valence-corrected chi connectivity index (χ4v) is 2.30. The molecule has 2 rings (SSSR count). The average Bonchev–Trinajstić information content (AvgIpc) is 2.57. The van der Waals surface area contributed by atoms with Crippen molar-refractivity contribution in [2.24, 2.45) is 5.10 Å². The summed E-state index contributed by atoms with van der Waals surface area (Å²) in [5, 5.41) is 14.1. The molecule has 126 valence electrons. The molecule has 2 aromatic carbocycles. The average molecular weight is 414 g/mol. The quantitative estimate of drug-likeness (QED) is 0.562. The van der Waals surface area contributed by atoms with Crippen LogP contribution in [0.4, 0.5) is 0 Å². The Balaban J connectivity index is 1.88. The smallest absolute Gasteiger partial charge is 0.277 e. The van der Waals surface area contributed by atoms with Crippen molar-refractivity contribution in [2.75, 3.05) is 13.7 Å². The van der Waals surface area contributed by atoms with Crippen LogP contribution in [0, 0.1) is 0 Å². The SMILES string of the molecule is COc1cc(/C=N\NC(=O)COc2ccc(Cl)cc2)cc(Br)c1O. The summed E-state index contributed by atoms with van der Waals surface area (Å²) in [4.78, 5) is 11.7. The lowest BCUT2D eigenvalue weighted by Gasteiger charge is -2.06. The summed E-state index contributed by atoms with van der Waals surface area (Å²) in [6, 6.07) is 9.89. The maximum absolute atomic E-state index is 11.7. The number of carbonyl (C=O) groups is 1. The number of rotatable bonds is 6. The van der Waals surface area contributed by atoms with E-state index in [0.29, 0.717) is 26.6 Å². The number of phenolic OH excluding ortho intramolecular Hbond substituents is 1. The second kappa shape index (κ2) is 8.56. The fourth-order valence-electron chi connectivity index (χ4n) is 1.71. The summed E-state index contributed by atoms with van der Waals surface area (Å²) in [5.74, 6) is 0.412. The highest BCUT2D eigenvalue weighted by atomic mass is 79.9. The Morgan fingerprint density at radius 2 is 2.08 bits per heavy atom. The third-order valence-electron chi connectivity index (χ3n) is 2.86. The van der Waals surface area contributed by atoms with Gasteiger partial charge in [0.05, 0.1) is 17.8 Å². The van der Waals surface area contributed by atoms with E-state index in [0.717, 1.165) is 0 Å². The summed E-state index contributed by atoms with van der Waals surface area (Å²) < 4.78 is 10.8. The monoisotopic (exact) mass is 412 g/mol. The van der Waals surface area contributed by atoms with E-state index in [4.69, 9.17) is 21.1 Å². The summed E-state index contributed by atoms with van der Waals surface area (Å²) in [6.45, 7) is -0.179. The van der Waals surface area contributed by atoms with E-state index >= 15 is 0 Å². The van der Waals surface area contributed by atoms with Crippen LogP contribution in [0.1, 0.15) is 5.56 Å². The molecule has 0 spiro atoms. The van der Waals surface area contributed by atoms with Gasteiger partial charge >= 0.3 is 0 Å². The first-order valence-corrected chi connectivity index (χ1v) is 7.93. The van der Waals surface area contributed by atoms with Gasteiger partial charge in [0.15, 0.2) is 18.1 Å². The van der Waals surface area contributed by atoms with Crippen LogP contribution in [0.2, 0.25) is 5.02 Å². The van der Waals surface area contributed by atoms with Crippen molar-refractivity contribution in [1.29, 1.82) is 0 Å².